The van der Waals surface area contributed by atoms with Crippen LogP contribution in [0.1, 0.15) is 5.89 Å². The van der Waals surface area contributed by atoms with Gasteiger partial charge in [0.1, 0.15) is 10.5 Å². The van der Waals surface area contributed by atoms with Gasteiger partial charge >= 0.3 is 0 Å². The molecule has 0 bridgehead atoms. The van der Waals surface area contributed by atoms with Gasteiger partial charge in [-0.2, -0.15) is 9.78 Å². The summed E-state index contributed by atoms with van der Waals surface area (Å²) in [4.78, 5) is 21.7. The molecule has 1 fully saturated rings. The third-order valence-electron chi connectivity index (χ3n) is 5.31. The molecule has 0 spiro atoms. The van der Waals surface area contributed by atoms with Gasteiger partial charge in [0.15, 0.2) is 5.58 Å². The predicted octanol–water partition coefficient (Wildman–Crippen LogP) is 3.35. The number of piperazine rings is 1. The molecule has 0 saturated carbocycles. The summed E-state index contributed by atoms with van der Waals surface area (Å²) in [7, 11) is 0. The fourth-order valence-electron chi connectivity index (χ4n) is 3.72. The molecule has 2 aromatic carbocycles. The zero-order chi connectivity index (χ0) is 20.5. The van der Waals surface area contributed by atoms with Gasteiger partial charge in [0, 0.05) is 26.2 Å². The fourth-order valence-corrected chi connectivity index (χ4v) is 3.97. The highest BCUT2D eigenvalue weighted by molar-refractivity contribution is 6.33. The van der Waals surface area contributed by atoms with Crippen molar-refractivity contribution in [2.75, 3.05) is 31.1 Å². The van der Waals surface area contributed by atoms with E-state index in [4.69, 9.17) is 16.0 Å². The Morgan fingerprint density at radius 1 is 0.967 bits per heavy atom. The molecule has 30 heavy (non-hydrogen) atoms. The van der Waals surface area contributed by atoms with Crippen molar-refractivity contribution >= 4 is 28.4 Å². The predicted molar refractivity (Wildman–Crippen MR) is 116 cm³/mol. The number of fused-ring (bicyclic) bond motifs is 1. The van der Waals surface area contributed by atoms with Crippen molar-refractivity contribution in [2.45, 2.75) is 6.54 Å². The Labute approximate surface area is 178 Å². The fraction of sp³-hybridized carbons (Fsp3) is 0.227. The molecule has 0 N–H and O–H groups in total. The summed E-state index contributed by atoms with van der Waals surface area (Å²) < 4.78 is 7.16. The third kappa shape index (κ3) is 3.58. The molecule has 1 aliphatic heterocycles. The average molecular weight is 422 g/mol. The minimum Gasteiger partial charge on any atom is -0.439 e. The van der Waals surface area contributed by atoms with Crippen LogP contribution >= 0.6 is 11.6 Å². The molecule has 0 aliphatic carbocycles. The van der Waals surface area contributed by atoms with Gasteiger partial charge < -0.3 is 9.32 Å². The Morgan fingerprint density at radius 2 is 1.70 bits per heavy atom. The van der Waals surface area contributed by atoms with E-state index < -0.39 is 0 Å². The minimum atomic E-state index is -0.311. The highest BCUT2D eigenvalue weighted by Gasteiger charge is 2.22. The summed E-state index contributed by atoms with van der Waals surface area (Å²) in [5.41, 5.74) is 2.75. The largest absolute Gasteiger partial charge is 0.439 e. The van der Waals surface area contributed by atoms with Gasteiger partial charge in [0.2, 0.25) is 5.89 Å². The maximum Gasteiger partial charge on any atom is 0.292 e. The summed E-state index contributed by atoms with van der Waals surface area (Å²) in [6.07, 6.45) is 1.67. The lowest BCUT2D eigenvalue weighted by molar-refractivity contribution is 0.228. The minimum absolute atomic E-state index is 0.196. The smallest absolute Gasteiger partial charge is 0.292 e. The van der Waals surface area contributed by atoms with Crippen molar-refractivity contribution in [3.63, 3.8) is 0 Å². The zero-order valence-corrected chi connectivity index (χ0v) is 17.0. The molecule has 5 rings (SSSR count). The van der Waals surface area contributed by atoms with Crippen molar-refractivity contribution in [3.05, 3.63) is 82.1 Å². The lowest BCUT2D eigenvalue weighted by Gasteiger charge is -2.35. The highest BCUT2D eigenvalue weighted by Crippen LogP contribution is 2.24. The van der Waals surface area contributed by atoms with E-state index in [-0.39, 0.29) is 10.6 Å². The number of para-hydroxylation sites is 3. The molecule has 1 aliphatic rings. The molecule has 3 heterocycles. The van der Waals surface area contributed by atoms with Crippen molar-refractivity contribution in [1.82, 2.24) is 19.7 Å². The Kier molecular flexibility index (Phi) is 4.98. The Morgan fingerprint density at radius 3 is 2.47 bits per heavy atom. The molecular formula is C22H20ClN5O2. The van der Waals surface area contributed by atoms with E-state index in [1.165, 1.54) is 4.68 Å². The molecule has 1 saturated heterocycles. The summed E-state index contributed by atoms with van der Waals surface area (Å²) in [6, 6.07) is 17.1. The molecule has 8 heteroatoms. The maximum absolute atomic E-state index is 12.7. The Balaban J connectivity index is 1.28. The number of oxazole rings is 1. The van der Waals surface area contributed by atoms with E-state index in [9.17, 15) is 4.79 Å². The van der Waals surface area contributed by atoms with Crippen LogP contribution in [0, 0.1) is 0 Å². The second-order valence-electron chi connectivity index (χ2n) is 7.23. The first-order valence-corrected chi connectivity index (χ1v) is 10.2. The van der Waals surface area contributed by atoms with E-state index in [2.05, 4.69) is 19.9 Å². The number of hydrogen-bond donors (Lipinski definition) is 0. The molecule has 2 aromatic heterocycles. The summed E-state index contributed by atoms with van der Waals surface area (Å²) in [5, 5.41) is 4.53. The molecule has 152 valence electrons. The molecule has 0 unspecified atom stereocenters. The van der Waals surface area contributed by atoms with E-state index in [0.29, 0.717) is 17.9 Å². The first kappa shape index (κ1) is 18.8. The van der Waals surface area contributed by atoms with Gasteiger partial charge in [-0.25, -0.2) is 4.98 Å². The third-order valence-corrected chi connectivity index (χ3v) is 5.67. The quantitative estimate of drug-likeness (QED) is 0.503. The van der Waals surface area contributed by atoms with Crippen molar-refractivity contribution in [2.24, 2.45) is 0 Å². The summed E-state index contributed by atoms with van der Waals surface area (Å²) in [5.74, 6) is 0.717. The number of aromatic nitrogens is 3. The monoisotopic (exact) mass is 421 g/mol. The molecule has 0 amide bonds. The number of benzene rings is 2. The SMILES string of the molecule is O=c1c(Cl)c(N2CCN(Cc3nc4ccccc4o3)CC2)cnn1-c1ccccc1. The van der Waals surface area contributed by atoms with Gasteiger partial charge in [0.25, 0.3) is 5.56 Å². The number of hydrogen-bond acceptors (Lipinski definition) is 6. The van der Waals surface area contributed by atoms with Gasteiger partial charge in [-0.1, -0.05) is 41.9 Å². The summed E-state index contributed by atoms with van der Waals surface area (Å²) in [6.45, 7) is 3.78. The van der Waals surface area contributed by atoms with Crippen LogP contribution < -0.4 is 10.5 Å². The average Bonchev–Trinajstić information content (AvgIpc) is 3.19. The van der Waals surface area contributed by atoms with Crippen LogP contribution in [-0.2, 0) is 6.54 Å². The maximum atomic E-state index is 12.7. The van der Waals surface area contributed by atoms with E-state index in [1.807, 2.05) is 54.6 Å². The zero-order valence-electron chi connectivity index (χ0n) is 16.2. The summed E-state index contributed by atoms with van der Waals surface area (Å²) >= 11 is 6.44. The van der Waals surface area contributed by atoms with Crippen LogP contribution in [0.4, 0.5) is 5.69 Å². The molecular weight excluding hydrogens is 402 g/mol. The van der Waals surface area contributed by atoms with E-state index in [1.54, 1.807) is 6.20 Å². The lowest BCUT2D eigenvalue weighted by Crippen LogP contribution is -2.46. The van der Waals surface area contributed by atoms with Gasteiger partial charge in [0.05, 0.1) is 24.1 Å². The van der Waals surface area contributed by atoms with Crippen LogP contribution in [0.3, 0.4) is 0 Å². The number of halogens is 1. The number of rotatable bonds is 4. The van der Waals surface area contributed by atoms with Gasteiger partial charge in [-0.3, -0.25) is 9.69 Å². The molecule has 0 radical (unpaired) electrons. The van der Waals surface area contributed by atoms with Crippen LogP contribution in [0.5, 0.6) is 0 Å². The van der Waals surface area contributed by atoms with Crippen LogP contribution in [-0.4, -0.2) is 45.8 Å². The standard InChI is InChI=1S/C22H20ClN5O2/c23-21-18(14-24-28(22(21)29)16-6-2-1-3-7-16)27-12-10-26(11-13-27)15-20-25-17-8-4-5-9-19(17)30-20/h1-9,14H,10-13,15H2. The molecule has 7 nitrogen and oxygen atoms in total. The lowest BCUT2D eigenvalue weighted by atomic mass is 10.2. The van der Waals surface area contributed by atoms with Crippen LogP contribution in [0.15, 0.2) is 70.0 Å². The molecule has 4 aromatic rings. The first-order valence-electron chi connectivity index (χ1n) is 9.84. The first-order chi connectivity index (χ1) is 14.7. The number of nitrogens with zero attached hydrogens (tertiary/aromatic N) is 5. The van der Waals surface area contributed by atoms with Crippen molar-refractivity contribution in [3.8, 4) is 5.69 Å². The highest BCUT2D eigenvalue weighted by atomic mass is 35.5. The van der Waals surface area contributed by atoms with Gasteiger partial charge in [-0.15, -0.1) is 0 Å². The van der Waals surface area contributed by atoms with Crippen molar-refractivity contribution in [1.29, 1.82) is 0 Å². The van der Waals surface area contributed by atoms with Crippen LogP contribution in [0.2, 0.25) is 5.02 Å². The van der Waals surface area contributed by atoms with Gasteiger partial charge in [-0.05, 0) is 24.3 Å². The second-order valence-corrected chi connectivity index (χ2v) is 7.61. The number of anilines is 1. The van der Waals surface area contributed by atoms with Crippen molar-refractivity contribution < 1.29 is 4.42 Å². The topological polar surface area (TPSA) is 67.4 Å². The van der Waals surface area contributed by atoms with Crippen LogP contribution in [0.25, 0.3) is 16.8 Å². The second kappa shape index (κ2) is 7.93. The van der Waals surface area contributed by atoms with E-state index >= 15 is 0 Å². The molecule has 0 atom stereocenters. The Bertz CT molecular complexity index is 1200. The van der Waals surface area contributed by atoms with E-state index in [0.717, 1.165) is 43.2 Å². The normalized spacial score (nSPS) is 15.0. The Hall–Kier alpha value is -3.16.